The number of aromatic hydroxyl groups is 1. The molecule has 3 rings (SSSR count). The largest absolute Gasteiger partial charge is 0.507 e. The number of aromatic nitrogens is 2. The Hall–Kier alpha value is -2.85. The predicted molar refractivity (Wildman–Crippen MR) is 112 cm³/mol. The Morgan fingerprint density at radius 2 is 1.94 bits per heavy atom. The summed E-state index contributed by atoms with van der Waals surface area (Å²) in [6.45, 7) is 7.21. The second-order valence-electron chi connectivity index (χ2n) is 6.78. The van der Waals surface area contributed by atoms with E-state index in [9.17, 15) is 31.5 Å². The number of phenolic OH excluding ortho intramolecular Hbond substituents is 1. The summed E-state index contributed by atoms with van der Waals surface area (Å²) in [5, 5.41) is 10.7. The first-order valence-corrected chi connectivity index (χ1v) is 10.7. The molecule has 1 aromatic heterocycles. The zero-order valence-corrected chi connectivity index (χ0v) is 17.8. The average molecular weight is 473 g/mol. The molecule has 0 bridgehead atoms. The summed E-state index contributed by atoms with van der Waals surface area (Å²) in [4.78, 5) is 18.2. The van der Waals surface area contributed by atoms with Gasteiger partial charge in [0.15, 0.2) is 0 Å². The molecule has 0 saturated carbocycles. The normalized spacial score (nSPS) is 12.3. The molecule has 0 spiro atoms. The van der Waals surface area contributed by atoms with Gasteiger partial charge in [0.2, 0.25) is 0 Å². The van der Waals surface area contributed by atoms with Crippen molar-refractivity contribution >= 4 is 37.9 Å². The molecule has 3 aromatic rings. The maximum Gasteiger partial charge on any atom is 0.501 e. The monoisotopic (exact) mass is 472 g/mol. The number of halogens is 4. The third kappa shape index (κ3) is 3.81. The van der Waals surface area contributed by atoms with Crippen molar-refractivity contribution in [1.82, 2.24) is 9.97 Å². The Balaban J connectivity index is 2.32. The minimum Gasteiger partial charge on any atom is -0.507 e. The number of alkyl halides is 3. The van der Waals surface area contributed by atoms with Gasteiger partial charge >= 0.3 is 5.51 Å². The fraction of sp³-hybridized carbons (Fsp3) is 0.200. The molecule has 0 aliphatic rings. The van der Waals surface area contributed by atoms with E-state index in [1.54, 1.807) is 13.8 Å². The summed E-state index contributed by atoms with van der Waals surface area (Å²) < 4.78 is 61.8. The van der Waals surface area contributed by atoms with Gasteiger partial charge in [0, 0.05) is 10.6 Å². The van der Waals surface area contributed by atoms with E-state index >= 15 is 0 Å². The van der Waals surface area contributed by atoms with Crippen molar-refractivity contribution in [2.24, 2.45) is 0 Å². The third-order valence-corrected chi connectivity index (χ3v) is 6.52. The molecule has 0 unspecified atom stereocenters. The summed E-state index contributed by atoms with van der Waals surface area (Å²) >= 11 is 6.33. The van der Waals surface area contributed by atoms with Gasteiger partial charge in [-0.1, -0.05) is 25.1 Å². The van der Waals surface area contributed by atoms with E-state index < -0.39 is 25.8 Å². The van der Waals surface area contributed by atoms with Crippen molar-refractivity contribution in [3.63, 3.8) is 0 Å². The fourth-order valence-electron chi connectivity index (χ4n) is 3.14. The molecule has 31 heavy (non-hydrogen) atoms. The number of hydrogen-bond acceptors (Lipinski definition) is 5. The third-order valence-electron chi connectivity index (χ3n) is 4.70. The van der Waals surface area contributed by atoms with E-state index in [-0.39, 0.29) is 28.0 Å². The first-order valence-electron chi connectivity index (χ1n) is 8.85. The molecule has 2 N–H and O–H groups in total. The van der Waals surface area contributed by atoms with Crippen molar-refractivity contribution in [3.8, 4) is 17.1 Å². The van der Waals surface area contributed by atoms with Crippen LogP contribution < -0.4 is 5.56 Å². The smallest absolute Gasteiger partial charge is 0.501 e. The van der Waals surface area contributed by atoms with Gasteiger partial charge in [-0.15, -0.1) is 0 Å². The van der Waals surface area contributed by atoms with Crippen LogP contribution in [0.5, 0.6) is 5.75 Å². The second kappa shape index (κ2) is 7.69. The Morgan fingerprint density at radius 3 is 2.48 bits per heavy atom. The van der Waals surface area contributed by atoms with E-state index in [2.05, 4.69) is 16.5 Å². The fourth-order valence-corrected chi connectivity index (χ4v) is 4.27. The maximum atomic E-state index is 12.8. The van der Waals surface area contributed by atoms with Crippen LogP contribution in [-0.2, 0) is 16.3 Å². The average Bonchev–Trinajstić information content (AvgIpc) is 2.67. The summed E-state index contributed by atoms with van der Waals surface area (Å²) in [5.74, 6) is -0.282. The molecule has 6 nitrogen and oxygen atoms in total. The Labute approximate surface area is 179 Å². The molecular formula is C20H16ClF3N2O4S. The van der Waals surface area contributed by atoms with Crippen LogP contribution in [0.1, 0.15) is 25.0 Å². The Kier molecular flexibility index (Phi) is 5.66. The molecule has 164 valence electrons. The van der Waals surface area contributed by atoms with Crippen LogP contribution in [0.15, 0.2) is 40.5 Å². The van der Waals surface area contributed by atoms with E-state index in [0.717, 1.165) is 12.1 Å². The van der Waals surface area contributed by atoms with E-state index in [0.29, 0.717) is 34.2 Å². The lowest BCUT2D eigenvalue weighted by atomic mass is 9.96. The Bertz CT molecular complexity index is 1400. The summed E-state index contributed by atoms with van der Waals surface area (Å²) in [7, 11) is -5.63. The number of allylic oxidation sites excluding steroid dienone is 1. The van der Waals surface area contributed by atoms with Crippen LogP contribution in [0.3, 0.4) is 0 Å². The first-order chi connectivity index (χ1) is 14.3. The summed E-state index contributed by atoms with van der Waals surface area (Å²) in [6, 6.07) is 3.87. The van der Waals surface area contributed by atoms with Crippen LogP contribution in [0, 0.1) is 0 Å². The highest BCUT2D eigenvalue weighted by Gasteiger charge is 2.47. The molecular weight excluding hydrogens is 457 g/mol. The highest BCUT2D eigenvalue weighted by atomic mass is 35.5. The van der Waals surface area contributed by atoms with Crippen LogP contribution in [0.25, 0.3) is 27.9 Å². The zero-order chi connectivity index (χ0) is 23.3. The minimum absolute atomic E-state index is 0.0572. The molecule has 0 saturated heterocycles. The van der Waals surface area contributed by atoms with E-state index in [4.69, 9.17) is 11.6 Å². The molecule has 11 heteroatoms. The molecule has 2 aromatic carbocycles. The van der Waals surface area contributed by atoms with Gasteiger partial charge in [-0.05, 0) is 48.7 Å². The van der Waals surface area contributed by atoms with Crippen molar-refractivity contribution in [2.45, 2.75) is 30.7 Å². The highest BCUT2D eigenvalue weighted by molar-refractivity contribution is 7.92. The van der Waals surface area contributed by atoms with Crippen molar-refractivity contribution < 1.29 is 26.7 Å². The van der Waals surface area contributed by atoms with Crippen molar-refractivity contribution in [1.29, 1.82) is 0 Å². The number of nitrogens with zero attached hydrogens (tertiary/aromatic N) is 1. The van der Waals surface area contributed by atoms with Crippen LogP contribution in [-0.4, -0.2) is 29.0 Å². The first kappa shape index (κ1) is 22.8. The number of benzene rings is 2. The minimum atomic E-state index is -5.63. The van der Waals surface area contributed by atoms with Gasteiger partial charge in [0.1, 0.15) is 11.6 Å². The van der Waals surface area contributed by atoms with Gasteiger partial charge in [0.05, 0.1) is 21.4 Å². The van der Waals surface area contributed by atoms with Gasteiger partial charge in [0.25, 0.3) is 15.4 Å². The lowest BCUT2D eigenvalue weighted by Gasteiger charge is -2.16. The molecule has 0 atom stereocenters. The SMILES string of the molecule is C=C(C)c1cc(Cl)c(CC)c(-c2nc3ccc(S(=O)(=O)C(F)(F)F)cc3c(=O)[nH]2)c1O. The van der Waals surface area contributed by atoms with Crippen LogP contribution in [0.4, 0.5) is 13.2 Å². The van der Waals surface area contributed by atoms with Gasteiger partial charge < -0.3 is 10.1 Å². The van der Waals surface area contributed by atoms with Crippen molar-refractivity contribution in [2.75, 3.05) is 0 Å². The van der Waals surface area contributed by atoms with Crippen LogP contribution in [0.2, 0.25) is 5.02 Å². The standard InChI is InChI=1S/C20H16ClF3N2O4S/c1-4-11-14(21)8-12(9(2)3)17(27)16(11)18-25-15-6-5-10(7-13(15)19(28)26-18)31(29,30)20(22,23)24/h5-8,27H,2,4H2,1,3H3,(H,25,26,28). The molecule has 0 radical (unpaired) electrons. The van der Waals surface area contributed by atoms with E-state index in [1.165, 1.54) is 6.07 Å². The number of rotatable bonds is 4. The van der Waals surface area contributed by atoms with Gasteiger partial charge in [-0.2, -0.15) is 13.2 Å². The zero-order valence-electron chi connectivity index (χ0n) is 16.3. The number of hydrogen-bond donors (Lipinski definition) is 2. The van der Waals surface area contributed by atoms with E-state index in [1.807, 2.05) is 0 Å². The number of sulfone groups is 1. The topological polar surface area (TPSA) is 100 Å². The summed E-state index contributed by atoms with van der Waals surface area (Å²) in [5.41, 5.74) is -4.96. The molecule has 0 aliphatic carbocycles. The molecule has 0 fully saturated rings. The van der Waals surface area contributed by atoms with Gasteiger partial charge in [-0.25, -0.2) is 13.4 Å². The lowest BCUT2D eigenvalue weighted by molar-refractivity contribution is -0.0435. The number of fused-ring (bicyclic) bond motifs is 1. The predicted octanol–water partition coefficient (Wildman–Crippen LogP) is 4.84. The van der Waals surface area contributed by atoms with Crippen molar-refractivity contribution in [3.05, 3.63) is 57.3 Å². The molecule has 0 amide bonds. The second-order valence-corrected chi connectivity index (χ2v) is 9.13. The number of nitrogens with one attached hydrogen (secondary N) is 1. The quantitative estimate of drug-likeness (QED) is 0.566. The summed E-state index contributed by atoms with van der Waals surface area (Å²) in [6.07, 6.45) is 0.378. The highest BCUT2D eigenvalue weighted by Crippen LogP contribution is 2.41. The lowest BCUT2D eigenvalue weighted by Crippen LogP contribution is -2.23. The van der Waals surface area contributed by atoms with Crippen LogP contribution >= 0.6 is 11.6 Å². The van der Waals surface area contributed by atoms with Gasteiger partial charge in [-0.3, -0.25) is 4.79 Å². The molecule has 1 heterocycles. The number of phenols is 1. The number of aromatic amines is 1. The maximum absolute atomic E-state index is 12.8. The number of H-pyrrole nitrogens is 1. The molecule has 0 aliphatic heterocycles. The Morgan fingerprint density at radius 1 is 1.29 bits per heavy atom.